The lowest BCUT2D eigenvalue weighted by Gasteiger charge is -2.33. The quantitative estimate of drug-likeness (QED) is 0.155. The molecule has 0 aromatic heterocycles. The molecule has 0 heterocycles. The highest BCUT2D eigenvalue weighted by Crippen LogP contribution is 2.27. The summed E-state index contributed by atoms with van der Waals surface area (Å²) in [7, 11) is -2.75. The van der Waals surface area contributed by atoms with Crippen molar-refractivity contribution < 1.29 is 27.7 Å². The average molecular weight is 597 g/mol. The van der Waals surface area contributed by atoms with Gasteiger partial charge in [-0.25, -0.2) is 8.42 Å². The first-order valence-corrected chi connectivity index (χ1v) is 15.1. The molecule has 0 bridgehead atoms. The zero-order chi connectivity index (χ0) is 30.7. The predicted molar refractivity (Wildman–Crippen MR) is 160 cm³/mol. The summed E-state index contributed by atoms with van der Waals surface area (Å²) in [5.41, 5.74) is 0.534. The van der Waals surface area contributed by atoms with Gasteiger partial charge >= 0.3 is 0 Å². The molecule has 1 N–H and O–H groups in total. The van der Waals surface area contributed by atoms with Gasteiger partial charge in [0.2, 0.25) is 11.8 Å². The molecule has 3 rings (SSSR count). The van der Waals surface area contributed by atoms with Gasteiger partial charge in [0.05, 0.1) is 22.6 Å². The van der Waals surface area contributed by atoms with Gasteiger partial charge in [-0.05, 0) is 54.8 Å². The Hall–Kier alpha value is -4.45. The zero-order valence-corrected chi connectivity index (χ0v) is 24.7. The second kappa shape index (κ2) is 15.0. The SMILES string of the molecule is CCCCNC(=O)[C@@H](CC)N(Cc1cccc(OC)c1)C(=O)CN(c1ccc([N+](=O)[O-])cc1)S(=O)(=O)c1ccccc1. The van der Waals surface area contributed by atoms with Crippen molar-refractivity contribution in [3.05, 3.63) is 94.5 Å². The number of carbonyl (C=O) groups is 2. The van der Waals surface area contributed by atoms with Gasteiger partial charge in [0.25, 0.3) is 15.7 Å². The van der Waals surface area contributed by atoms with Gasteiger partial charge < -0.3 is 15.0 Å². The molecule has 0 saturated heterocycles. The minimum atomic E-state index is -4.27. The van der Waals surface area contributed by atoms with E-state index in [0.29, 0.717) is 17.9 Å². The highest BCUT2D eigenvalue weighted by atomic mass is 32.2. The fraction of sp³-hybridized carbons (Fsp3) is 0.333. The Morgan fingerprint density at radius 1 is 1.00 bits per heavy atom. The highest BCUT2D eigenvalue weighted by molar-refractivity contribution is 7.92. The number of unbranched alkanes of at least 4 members (excludes halogenated alkanes) is 1. The number of methoxy groups -OCH3 is 1. The average Bonchev–Trinajstić information content (AvgIpc) is 3.00. The number of nitrogens with zero attached hydrogens (tertiary/aromatic N) is 3. The molecule has 1 atom stereocenters. The second-order valence-electron chi connectivity index (χ2n) is 9.54. The number of hydrogen-bond donors (Lipinski definition) is 1. The van der Waals surface area contributed by atoms with E-state index in [1.807, 2.05) is 6.92 Å². The number of sulfonamides is 1. The number of hydrogen-bond acceptors (Lipinski definition) is 7. The minimum absolute atomic E-state index is 0.0230. The van der Waals surface area contributed by atoms with E-state index in [-0.39, 0.29) is 35.1 Å². The van der Waals surface area contributed by atoms with Crippen LogP contribution >= 0.6 is 0 Å². The van der Waals surface area contributed by atoms with Crippen molar-refractivity contribution in [3.63, 3.8) is 0 Å². The lowest BCUT2D eigenvalue weighted by atomic mass is 10.1. The minimum Gasteiger partial charge on any atom is -0.497 e. The van der Waals surface area contributed by atoms with Gasteiger partial charge in [-0.2, -0.15) is 0 Å². The van der Waals surface area contributed by atoms with Gasteiger partial charge in [-0.1, -0.05) is 50.6 Å². The molecule has 11 nitrogen and oxygen atoms in total. The number of amides is 2. The summed E-state index contributed by atoms with van der Waals surface area (Å²) in [4.78, 5) is 39.3. The lowest BCUT2D eigenvalue weighted by molar-refractivity contribution is -0.384. The number of nitro benzene ring substituents is 1. The van der Waals surface area contributed by atoms with Crippen LogP contribution in [0, 0.1) is 10.1 Å². The van der Waals surface area contributed by atoms with Gasteiger partial charge in [0.1, 0.15) is 18.3 Å². The van der Waals surface area contributed by atoms with Crippen LogP contribution in [-0.4, -0.2) is 56.3 Å². The normalized spacial score (nSPS) is 11.8. The smallest absolute Gasteiger partial charge is 0.269 e. The van der Waals surface area contributed by atoms with E-state index >= 15 is 0 Å². The Kier molecular flexibility index (Phi) is 11.4. The molecule has 0 radical (unpaired) electrons. The Labute approximate surface area is 246 Å². The van der Waals surface area contributed by atoms with E-state index in [0.717, 1.165) is 17.1 Å². The third-order valence-corrected chi connectivity index (χ3v) is 8.45. The van der Waals surface area contributed by atoms with Crippen LogP contribution < -0.4 is 14.4 Å². The van der Waals surface area contributed by atoms with Crippen LogP contribution in [0.15, 0.2) is 83.8 Å². The summed E-state index contributed by atoms with van der Waals surface area (Å²) in [6, 6.07) is 18.7. The second-order valence-corrected chi connectivity index (χ2v) is 11.4. The highest BCUT2D eigenvalue weighted by Gasteiger charge is 2.33. The summed E-state index contributed by atoms with van der Waals surface area (Å²) in [6.07, 6.45) is 1.94. The lowest BCUT2D eigenvalue weighted by Crippen LogP contribution is -2.52. The molecule has 3 aromatic rings. The molecule has 0 fully saturated rings. The molecule has 224 valence electrons. The monoisotopic (exact) mass is 596 g/mol. The van der Waals surface area contributed by atoms with Crippen LogP contribution in [0.3, 0.4) is 0 Å². The third-order valence-electron chi connectivity index (χ3n) is 6.66. The van der Waals surface area contributed by atoms with E-state index in [2.05, 4.69) is 5.32 Å². The Morgan fingerprint density at radius 2 is 1.69 bits per heavy atom. The molecule has 0 aliphatic rings. The molecule has 0 spiro atoms. The predicted octanol–water partition coefficient (Wildman–Crippen LogP) is 4.52. The van der Waals surface area contributed by atoms with Crippen LogP contribution in [0.4, 0.5) is 11.4 Å². The molecular weight excluding hydrogens is 560 g/mol. The van der Waals surface area contributed by atoms with Crippen LogP contribution in [0.25, 0.3) is 0 Å². The van der Waals surface area contributed by atoms with E-state index in [9.17, 15) is 28.1 Å². The largest absolute Gasteiger partial charge is 0.497 e. The molecule has 42 heavy (non-hydrogen) atoms. The maximum Gasteiger partial charge on any atom is 0.269 e. The van der Waals surface area contributed by atoms with Crippen molar-refractivity contribution >= 4 is 33.2 Å². The molecular formula is C30H36N4O7S. The first-order valence-electron chi connectivity index (χ1n) is 13.6. The maximum atomic E-state index is 14.1. The number of carbonyl (C=O) groups excluding carboxylic acids is 2. The maximum absolute atomic E-state index is 14.1. The van der Waals surface area contributed by atoms with Crippen LogP contribution in [0.5, 0.6) is 5.75 Å². The Balaban J connectivity index is 2.05. The summed E-state index contributed by atoms with van der Waals surface area (Å²) < 4.78 is 33.9. The number of anilines is 1. The van der Waals surface area contributed by atoms with Gasteiger partial charge in [-0.15, -0.1) is 0 Å². The van der Waals surface area contributed by atoms with Crippen LogP contribution in [0.1, 0.15) is 38.7 Å². The molecule has 0 saturated carbocycles. The topological polar surface area (TPSA) is 139 Å². The van der Waals surface area contributed by atoms with Crippen molar-refractivity contribution in [2.45, 2.75) is 50.6 Å². The molecule has 0 aliphatic carbocycles. The van der Waals surface area contributed by atoms with Gasteiger partial charge in [-0.3, -0.25) is 24.0 Å². The standard InChI is InChI=1S/C30H36N4O7S/c1-4-6-19-31-30(36)28(5-2)32(21-23-11-10-12-26(20-23)41-3)29(35)22-33(24-15-17-25(18-16-24)34(37)38)42(39,40)27-13-8-7-9-14-27/h7-18,20,28H,4-6,19,21-22H2,1-3H3,(H,31,36)/t28-/m1/s1. The summed E-state index contributed by atoms with van der Waals surface area (Å²) in [5.74, 6) is -0.386. The van der Waals surface area contributed by atoms with Crippen molar-refractivity contribution in [2.75, 3.05) is 24.5 Å². The number of non-ortho nitro benzene ring substituents is 1. The first-order chi connectivity index (χ1) is 20.1. The van der Waals surface area contributed by atoms with Crippen molar-refractivity contribution in [1.29, 1.82) is 0 Å². The number of benzene rings is 3. The first kappa shape index (κ1) is 32.1. The van der Waals surface area contributed by atoms with Crippen molar-refractivity contribution in [1.82, 2.24) is 10.2 Å². The van der Waals surface area contributed by atoms with E-state index in [1.165, 1.54) is 48.4 Å². The molecule has 12 heteroatoms. The molecule has 3 aromatic carbocycles. The van der Waals surface area contributed by atoms with Gasteiger partial charge in [0, 0.05) is 25.2 Å². The van der Waals surface area contributed by atoms with E-state index < -0.39 is 33.4 Å². The molecule has 0 unspecified atom stereocenters. The number of ether oxygens (including phenoxy) is 1. The van der Waals surface area contributed by atoms with Crippen LogP contribution in [0.2, 0.25) is 0 Å². The summed E-state index contributed by atoms with van der Waals surface area (Å²) >= 11 is 0. The Morgan fingerprint density at radius 3 is 2.29 bits per heavy atom. The van der Waals surface area contributed by atoms with Crippen LogP contribution in [-0.2, 0) is 26.2 Å². The number of rotatable bonds is 15. The summed E-state index contributed by atoms with van der Waals surface area (Å²) in [5, 5.41) is 14.1. The zero-order valence-electron chi connectivity index (χ0n) is 23.9. The van der Waals surface area contributed by atoms with E-state index in [1.54, 1.807) is 49.4 Å². The van der Waals surface area contributed by atoms with Crippen molar-refractivity contribution in [3.8, 4) is 5.75 Å². The van der Waals surface area contributed by atoms with E-state index in [4.69, 9.17) is 4.74 Å². The molecule has 2 amide bonds. The fourth-order valence-electron chi connectivity index (χ4n) is 4.38. The van der Waals surface area contributed by atoms with Crippen molar-refractivity contribution in [2.24, 2.45) is 0 Å². The summed E-state index contributed by atoms with van der Waals surface area (Å²) in [6.45, 7) is 3.62. The van der Waals surface area contributed by atoms with Gasteiger partial charge in [0.15, 0.2) is 0 Å². The molecule has 0 aliphatic heterocycles. The Bertz CT molecular complexity index is 1460. The fourth-order valence-corrected chi connectivity index (χ4v) is 5.82. The number of nitro groups is 1. The number of nitrogens with one attached hydrogen (secondary N) is 1. The third kappa shape index (κ3) is 8.06.